The minimum Gasteiger partial charge on any atom is -0.481 e. The molecule has 4 rings (SSSR count). The monoisotopic (exact) mass is 572 g/mol. The number of fused-ring (bicyclic) bond motifs is 4. The second-order valence-electron chi connectivity index (χ2n) is 13.3. The number of hydrogen-bond donors (Lipinski definition) is 4. The summed E-state index contributed by atoms with van der Waals surface area (Å²) in [5.41, 5.74) is 0.0640. The Kier molecular flexibility index (Phi) is 7.14. The fourth-order valence-electron chi connectivity index (χ4n) is 9.14. The van der Waals surface area contributed by atoms with E-state index in [4.69, 9.17) is 8.23 Å². The first kappa shape index (κ1) is 28.5. The van der Waals surface area contributed by atoms with Gasteiger partial charge in [0, 0.05) is 0 Å². The minimum absolute atomic E-state index is 0.0320. The van der Waals surface area contributed by atoms with Crippen LogP contribution >= 0.6 is 0 Å². The fourth-order valence-corrected chi connectivity index (χ4v) is 25.5. The molecule has 13 heteroatoms. The van der Waals surface area contributed by atoms with Gasteiger partial charge in [0.25, 0.3) is 0 Å². The van der Waals surface area contributed by atoms with Crippen LogP contribution in [0.25, 0.3) is 0 Å². The van der Waals surface area contributed by atoms with Gasteiger partial charge in [0.05, 0.1) is 23.7 Å². The highest BCUT2D eigenvalue weighted by Gasteiger charge is 2.64. The summed E-state index contributed by atoms with van der Waals surface area (Å²) in [5, 5.41) is 39.0. The molecule has 0 saturated heterocycles. The zero-order valence-electron chi connectivity index (χ0n) is 22.3. The lowest BCUT2D eigenvalue weighted by molar-refractivity contribution is -0.156. The van der Waals surface area contributed by atoms with Gasteiger partial charge >= 0.3 is 32.4 Å². The SMILES string of the molecule is C[Si](C)(O[Si](C)(C)C1CC2CC1C(C(=O)O)C2C(=O)O)O[Si](C)(C)C1CC2CC1C(C(=O)O)C2C(=O)O. The largest absolute Gasteiger partial charge is 0.481 e. The summed E-state index contributed by atoms with van der Waals surface area (Å²) in [7, 11) is -7.73. The van der Waals surface area contributed by atoms with Crippen LogP contribution in [0.2, 0.25) is 50.4 Å². The Morgan fingerprint density at radius 2 is 0.838 bits per heavy atom. The Hall–Kier alpha value is -1.55. The van der Waals surface area contributed by atoms with Crippen LogP contribution in [-0.2, 0) is 27.4 Å². The van der Waals surface area contributed by atoms with Crippen molar-refractivity contribution >= 4 is 49.1 Å². The van der Waals surface area contributed by atoms with E-state index in [0.717, 1.165) is 0 Å². The van der Waals surface area contributed by atoms with E-state index in [1.807, 2.05) is 13.1 Å². The molecule has 0 aromatic carbocycles. The van der Waals surface area contributed by atoms with Gasteiger partial charge in [0.1, 0.15) is 0 Å². The number of carboxylic acids is 4. The predicted octanol–water partition coefficient (Wildman–Crippen LogP) is 3.75. The van der Waals surface area contributed by atoms with E-state index < -0.39 is 72.7 Å². The maximum atomic E-state index is 12.0. The topological polar surface area (TPSA) is 168 Å². The van der Waals surface area contributed by atoms with Gasteiger partial charge in [0.2, 0.25) is 0 Å². The van der Waals surface area contributed by atoms with Gasteiger partial charge in [-0.05, 0) is 99.7 Å². The molecule has 10 atom stereocenters. The van der Waals surface area contributed by atoms with Crippen molar-refractivity contribution in [3.8, 4) is 0 Å². The van der Waals surface area contributed by atoms with E-state index in [9.17, 15) is 39.6 Å². The van der Waals surface area contributed by atoms with Crippen molar-refractivity contribution in [1.29, 1.82) is 0 Å². The third kappa shape index (κ3) is 4.85. The lowest BCUT2D eigenvalue weighted by Gasteiger charge is -2.47. The van der Waals surface area contributed by atoms with Crippen molar-refractivity contribution in [3.05, 3.63) is 0 Å². The van der Waals surface area contributed by atoms with Crippen molar-refractivity contribution in [3.63, 3.8) is 0 Å². The molecule has 4 fully saturated rings. The Bertz CT molecular complexity index is 921. The first-order chi connectivity index (χ1) is 16.9. The molecule has 10 nitrogen and oxygen atoms in total. The normalized spacial score (nSPS) is 39.2. The standard InChI is InChI=1S/C24H40O10Si3/c1-35(2,15-9-11-7-13(15)19(23(29)30)17(11)21(25)26)33-37(5,6)34-36(3,4)16-10-12-8-14(16)20(24(31)32)18(12)22(27)28/h11-20H,7-10H2,1-6H3,(H,25,26)(H,27,28)(H,29,30)(H,31,32). The quantitative estimate of drug-likeness (QED) is 0.283. The molecule has 4 saturated carbocycles. The molecule has 4 bridgehead atoms. The van der Waals surface area contributed by atoms with E-state index in [0.29, 0.717) is 25.7 Å². The molecule has 0 radical (unpaired) electrons. The van der Waals surface area contributed by atoms with Gasteiger partial charge in [-0.2, -0.15) is 0 Å². The Balaban J connectivity index is 1.48. The third-order valence-electron chi connectivity index (χ3n) is 9.95. The molecule has 10 unspecified atom stereocenters. The van der Waals surface area contributed by atoms with E-state index in [1.165, 1.54) is 0 Å². The maximum Gasteiger partial charge on any atom is 0.311 e. The molecule has 0 aliphatic heterocycles. The lowest BCUT2D eigenvalue weighted by Crippen LogP contribution is -2.57. The zero-order chi connectivity index (χ0) is 27.8. The molecule has 4 aliphatic rings. The fraction of sp³-hybridized carbons (Fsp3) is 0.833. The van der Waals surface area contributed by atoms with Crippen LogP contribution in [0.15, 0.2) is 0 Å². The first-order valence-corrected chi connectivity index (χ1v) is 22.0. The molecule has 208 valence electrons. The van der Waals surface area contributed by atoms with Gasteiger partial charge in [-0.3, -0.25) is 19.2 Å². The minimum atomic E-state index is -2.74. The van der Waals surface area contributed by atoms with Crippen LogP contribution in [0.4, 0.5) is 0 Å². The summed E-state index contributed by atoms with van der Waals surface area (Å²) in [6, 6.07) is 0. The number of carboxylic acid groups (broad SMARTS) is 4. The summed E-state index contributed by atoms with van der Waals surface area (Å²) < 4.78 is 13.7. The van der Waals surface area contributed by atoms with E-state index in [2.05, 4.69) is 26.2 Å². The number of carbonyl (C=O) groups is 4. The van der Waals surface area contributed by atoms with E-state index in [1.54, 1.807) is 0 Å². The van der Waals surface area contributed by atoms with Crippen LogP contribution < -0.4 is 0 Å². The summed E-state index contributed by atoms with van der Waals surface area (Å²) in [6.45, 7) is 12.3. The molecule has 4 aliphatic carbocycles. The second kappa shape index (κ2) is 9.28. The average Bonchev–Trinajstić information content (AvgIpc) is 3.48. The molecule has 37 heavy (non-hydrogen) atoms. The molecule has 0 spiro atoms. The van der Waals surface area contributed by atoms with Gasteiger partial charge in [-0.25, -0.2) is 0 Å². The highest BCUT2D eigenvalue weighted by molar-refractivity contribution is 6.88. The maximum absolute atomic E-state index is 12.0. The number of aliphatic carboxylic acids is 4. The smallest absolute Gasteiger partial charge is 0.311 e. The first-order valence-electron chi connectivity index (χ1n) is 13.2. The van der Waals surface area contributed by atoms with Crippen LogP contribution in [0.1, 0.15) is 25.7 Å². The van der Waals surface area contributed by atoms with Crippen molar-refractivity contribution in [1.82, 2.24) is 0 Å². The van der Waals surface area contributed by atoms with Gasteiger partial charge < -0.3 is 28.7 Å². The van der Waals surface area contributed by atoms with Crippen LogP contribution in [0, 0.1) is 47.3 Å². The van der Waals surface area contributed by atoms with Gasteiger partial charge in [0.15, 0.2) is 16.6 Å². The highest BCUT2D eigenvalue weighted by atomic mass is 28.5. The molecular formula is C24H40O10Si3. The number of hydrogen-bond acceptors (Lipinski definition) is 6. The lowest BCUT2D eigenvalue weighted by atomic mass is 9.79. The van der Waals surface area contributed by atoms with Crippen molar-refractivity contribution in [2.24, 2.45) is 47.3 Å². The Morgan fingerprint density at radius 1 is 0.541 bits per heavy atom. The molecule has 4 N–H and O–H groups in total. The Morgan fingerprint density at radius 3 is 1.11 bits per heavy atom. The zero-order valence-corrected chi connectivity index (χ0v) is 25.3. The molecular weight excluding hydrogens is 533 g/mol. The van der Waals surface area contributed by atoms with Gasteiger partial charge in [-0.15, -0.1) is 0 Å². The van der Waals surface area contributed by atoms with Crippen molar-refractivity contribution in [2.75, 3.05) is 0 Å². The third-order valence-corrected chi connectivity index (χ3v) is 23.0. The highest BCUT2D eigenvalue weighted by Crippen LogP contribution is 2.63. The molecule has 0 amide bonds. The van der Waals surface area contributed by atoms with Crippen molar-refractivity contribution in [2.45, 2.75) is 76.0 Å². The Labute approximate surface area is 220 Å². The average molecular weight is 573 g/mol. The van der Waals surface area contributed by atoms with Crippen molar-refractivity contribution < 1.29 is 47.8 Å². The van der Waals surface area contributed by atoms with E-state index >= 15 is 0 Å². The summed E-state index contributed by atoms with van der Waals surface area (Å²) in [5.74, 6) is -8.33. The van der Waals surface area contributed by atoms with Crippen LogP contribution in [0.3, 0.4) is 0 Å². The summed E-state index contributed by atoms with van der Waals surface area (Å²) in [4.78, 5) is 47.6. The van der Waals surface area contributed by atoms with E-state index in [-0.39, 0.29) is 34.8 Å². The molecule has 0 aromatic rings. The predicted molar refractivity (Wildman–Crippen MR) is 139 cm³/mol. The van der Waals surface area contributed by atoms with Crippen LogP contribution in [-0.4, -0.2) is 69.5 Å². The number of rotatable bonds is 10. The summed E-state index contributed by atoms with van der Waals surface area (Å²) >= 11 is 0. The summed E-state index contributed by atoms with van der Waals surface area (Å²) in [6.07, 6.45) is 2.54. The van der Waals surface area contributed by atoms with Gasteiger partial charge in [-0.1, -0.05) is 0 Å². The van der Waals surface area contributed by atoms with Crippen LogP contribution in [0.5, 0.6) is 0 Å². The second-order valence-corrected chi connectivity index (χ2v) is 25.6. The molecule has 0 aromatic heterocycles. The molecule has 0 heterocycles.